The van der Waals surface area contributed by atoms with Gasteiger partial charge in [0.1, 0.15) is 5.78 Å². The summed E-state index contributed by atoms with van der Waals surface area (Å²) in [6.45, 7) is 5.61. The molecule has 0 fully saturated rings. The first-order valence-electron chi connectivity index (χ1n) is 6.12. The standard InChI is InChI=1S/C12H23ClO4/c1-2-3-5-15-7-9-17-10-8-16-6-4-12(14)11-13/h2-11H2,1H3. The maximum absolute atomic E-state index is 10.8. The van der Waals surface area contributed by atoms with Crippen LogP contribution in [0, 0.1) is 0 Å². The van der Waals surface area contributed by atoms with Crippen LogP contribution in [0.2, 0.25) is 0 Å². The highest BCUT2D eigenvalue weighted by Gasteiger charge is 1.98. The first-order chi connectivity index (χ1) is 8.31. The van der Waals surface area contributed by atoms with Gasteiger partial charge in [-0.1, -0.05) is 13.3 Å². The minimum atomic E-state index is 0.0110. The van der Waals surface area contributed by atoms with E-state index in [1.54, 1.807) is 0 Å². The van der Waals surface area contributed by atoms with Gasteiger partial charge in [0.2, 0.25) is 0 Å². The summed E-state index contributed by atoms with van der Waals surface area (Å²) < 4.78 is 15.8. The third-order valence-electron chi connectivity index (χ3n) is 2.06. The smallest absolute Gasteiger partial charge is 0.149 e. The molecule has 4 nitrogen and oxygen atoms in total. The zero-order chi connectivity index (χ0) is 12.8. The van der Waals surface area contributed by atoms with Gasteiger partial charge in [-0.2, -0.15) is 0 Å². The number of Topliss-reactive ketones (excluding diaryl/α,β-unsaturated/α-hetero) is 1. The average molecular weight is 267 g/mol. The second-order valence-corrected chi connectivity index (χ2v) is 3.88. The lowest BCUT2D eigenvalue weighted by Gasteiger charge is -2.06. The Hall–Kier alpha value is -0.160. The molecule has 0 atom stereocenters. The monoisotopic (exact) mass is 266 g/mol. The Bertz CT molecular complexity index is 176. The van der Waals surface area contributed by atoms with Gasteiger partial charge in [0.05, 0.1) is 38.9 Å². The third-order valence-corrected chi connectivity index (χ3v) is 2.36. The molecule has 0 heterocycles. The second kappa shape index (κ2) is 13.9. The molecule has 0 aliphatic rings. The van der Waals surface area contributed by atoms with E-state index >= 15 is 0 Å². The number of unbranched alkanes of at least 4 members (excludes halogenated alkanes) is 1. The summed E-state index contributed by atoms with van der Waals surface area (Å²) in [6, 6.07) is 0. The van der Waals surface area contributed by atoms with Gasteiger partial charge in [0, 0.05) is 13.0 Å². The van der Waals surface area contributed by atoms with E-state index in [1.165, 1.54) is 0 Å². The Morgan fingerprint density at radius 3 is 2.00 bits per heavy atom. The fraction of sp³-hybridized carbons (Fsp3) is 0.917. The number of hydrogen-bond acceptors (Lipinski definition) is 4. The van der Waals surface area contributed by atoms with Crippen molar-refractivity contribution in [2.45, 2.75) is 26.2 Å². The molecular formula is C12H23ClO4. The molecule has 102 valence electrons. The van der Waals surface area contributed by atoms with Crippen LogP contribution < -0.4 is 0 Å². The molecule has 0 radical (unpaired) electrons. The number of alkyl halides is 1. The average Bonchev–Trinajstić information content (AvgIpc) is 2.35. The van der Waals surface area contributed by atoms with Crippen LogP contribution in [0.15, 0.2) is 0 Å². The number of halogens is 1. The van der Waals surface area contributed by atoms with E-state index in [9.17, 15) is 4.79 Å². The van der Waals surface area contributed by atoms with Crippen LogP contribution in [0.5, 0.6) is 0 Å². The first kappa shape index (κ1) is 16.8. The van der Waals surface area contributed by atoms with Crippen molar-refractivity contribution in [1.82, 2.24) is 0 Å². The van der Waals surface area contributed by atoms with Crippen molar-refractivity contribution in [1.29, 1.82) is 0 Å². The summed E-state index contributed by atoms with van der Waals surface area (Å²) in [7, 11) is 0. The zero-order valence-corrected chi connectivity index (χ0v) is 11.3. The molecule has 0 bridgehead atoms. The molecule has 0 aromatic carbocycles. The van der Waals surface area contributed by atoms with E-state index < -0.39 is 0 Å². The van der Waals surface area contributed by atoms with Crippen LogP contribution in [-0.2, 0) is 19.0 Å². The molecule has 0 rings (SSSR count). The Morgan fingerprint density at radius 1 is 0.941 bits per heavy atom. The molecule has 0 amide bonds. The number of ketones is 1. The van der Waals surface area contributed by atoms with Crippen LogP contribution >= 0.6 is 11.6 Å². The zero-order valence-electron chi connectivity index (χ0n) is 10.6. The number of ether oxygens (including phenoxy) is 3. The van der Waals surface area contributed by atoms with Crippen molar-refractivity contribution in [2.75, 3.05) is 45.5 Å². The Balaban J connectivity index is 2.96. The Kier molecular flexibility index (Phi) is 13.8. The summed E-state index contributed by atoms with van der Waals surface area (Å²) in [5.74, 6) is 0.0755. The molecule has 0 aliphatic heterocycles. The van der Waals surface area contributed by atoms with Gasteiger partial charge < -0.3 is 14.2 Å². The van der Waals surface area contributed by atoms with Crippen LogP contribution in [0.4, 0.5) is 0 Å². The van der Waals surface area contributed by atoms with Gasteiger partial charge >= 0.3 is 0 Å². The van der Waals surface area contributed by atoms with Crippen molar-refractivity contribution in [3.05, 3.63) is 0 Å². The van der Waals surface area contributed by atoms with E-state index in [2.05, 4.69) is 6.92 Å². The topological polar surface area (TPSA) is 44.8 Å². The van der Waals surface area contributed by atoms with E-state index in [1.807, 2.05) is 0 Å². The molecule has 0 unspecified atom stereocenters. The first-order valence-corrected chi connectivity index (χ1v) is 6.65. The summed E-state index contributed by atoms with van der Waals surface area (Å²) in [6.07, 6.45) is 2.62. The molecule has 0 saturated carbocycles. The van der Waals surface area contributed by atoms with Crippen molar-refractivity contribution in [3.8, 4) is 0 Å². The molecular weight excluding hydrogens is 244 g/mol. The van der Waals surface area contributed by atoms with E-state index in [4.69, 9.17) is 25.8 Å². The van der Waals surface area contributed by atoms with E-state index in [0.717, 1.165) is 19.4 Å². The number of carbonyl (C=O) groups is 1. The minimum Gasteiger partial charge on any atom is -0.379 e. The molecule has 0 aromatic heterocycles. The summed E-state index contributed by atoms with van der Waals surface area (Å²) in [4.78, 5) is 10.8. The van der Waals surface area contributed by atoms with Crippen LogP contribution in [0.3, 0.4) is 0 Å². The lowest BCUT2D eigenvalue weighted by atomic mass is 10.3. The fourth-order valence-corrected chi connectivity index (χ4v) is 1.17. The van der Waals surface area contributed by atoms with Crippen molar-refractivity contribution in [2.24, 2.45) is 0 Å². The SMILES string of the molecule is CCCCOCCOCCOCCC(=O)CCl. The van der Waals surface area contributed by atoms with Gasteiger partial charge in [-0.15, -0.1) is 11.6 Å². The van der Waals surface area contributed by atoms with Gasteiger partial charge in [-0.05, 0) is 6.42 Å². The highest BCUT2D eigenvalue weighted by Crippen LogP contribution is 1.90. The van der Waals surface area contributed by atoms with Crippen molar-refractivity contribution >= 4 is 17.4 Å². The van der Waals surface area contributed by atoms with E-state index in [0.29, 0.717) is 39.5 Å². The fourth-order valence-electron chi connectivity index (χ4n) is 1.04. The second-order valence-electron chi connectivity index (χ2n) is 3.61. The predicted molar refractivity (Wildman–Crippen MR) is 67.7 cm³/mol. The van der Waals surface area contributed by atoms with E-state index in [-0.39, 0.29) is 11.7 Å². The highest BCUT2D eigenvalue weighted by atomic mass is 35.5. The van der Waals surface area contributed by atoms with Crippen LogP contribution in [0.1, 0.15) is 26.2 Å². The predicted octanol–water partition coefficient (Wildman–Crippen LogP) is 2.03. The third kappa shape index (κ3) is 13.8. The van der Waals surface area contributed by atoms with Gasteiger partial charge in [0.15, 0.2) is 0 Å². The lowest BCUT2D eigenvalue weighted by molar-refractivity contribution is -0.117. The van der Waals surface area contributed by atoms with Crippen molar-refractivity contribution in [3.63, 3.8) is 0 Å². The molecule has 17 heavy (non-hydrogen) atoms. The van der Waals surface area contributed by atoms with Crippen LogP contribution in [0.25, 0.3) is 0 Å². The quantitative estimate of drug-likeness (QED) is 0.378. The van der Waals surface area contributed by atoms with Gasteiger partial charge in [-0.25, -0.2) is 0 Å². The minimum absolute atomic E-state index is 0.0110. The largest absolute Gasteiger partial charge is 0.379 e. The normalized spacial score (nSPS) is 10.7. The maximum Gasteiger partial charge on any atom is 0.149 e. The summed E-state index contributed by atoms with van der Waals surface area (Å²) >= 11 is 5.34. The lowest BCUT2D eigenvalue weighted by Crippen LogP contribution is -2.11. The summed E-state index contributed by atoms with van der Waals surface area (Å²) in [5, 5.41) is 0. The Morgan fingerprint density at radius 2 is 1.47 bits per heavy atom. The molecule has 5 heteroatoms. The maximum atomic E-state index is 10.8. The molecule has 0 spiro atoms. The van der Waals surface area contributed by atoms with Gasteiger partial charge in [-0.3, -0.25) is 4.79 Å². The number of carbonyl (C=O) groups excluding carboxylic acids is 1. The molecule has 0 aliphatic carbocycles. The highest BCUT2D eigenvalue weighted by molar-refractivity contribution is 6.27. The molecule has 0 aromatic rings. The number of rotatable bonds is 13. The molecule has 0 N–H and O–H groups in total. The van der Waals surface area contributed by atoms with Crippen molar-refractivity contribution < 1.29 is 19.0 Å². The van der Waals surface area contributed by atoms with Crippen LogP contribution in [-0.4, -0.2) is 51.3 Å². The molecule has 0 saturated heterocycles. The Labute approximate surface area is 109 Å². The summed E-state index contributed by atoms with van der Waals surface area (Å²) in [5.41, 5.74) is 0. The van der Waals surface area contributed by atoms with Gasteiger partial charge in [0.25, 0.3) is 0 Å². The number of hydrogen-bond donors (Lipinski definition) is 0.